The van der Waals surface area contributed by atoms with Crippen LogP contribution in [0.1, 0.15) is 32.6 Å². The number of primary amides is 1. The quantitative estimate of drug-likeness (QED) is 0.567. The van der Waals surface area contributed by atoms with Crippen LogP contribution in [-0.4, -0.2) is 46.1 Å². The van der Waals surface area contributed by atoms with Gasteiger partial charge in [0.1, 0.15) is 6.54 Å². The molecule has 2 fully saturated rings. The average molecular weight is 267 g/mol. The number of nitrogens with zero attached hydrogens (tertiary/aromatic N) is 2. The summed E-state index contributed by atoms with van der Waals surface area (Å²) in [6.07, 6.45) is 3.62. The van der Waals surface area contributed by atoms with E-state index in [0.717, 1.165) is 24.2 Å². The highest BCUT2D eigenvalue weighted by Gasteiger charge is 2.49. The number of rotatable bonds is 3. The number of hydrogen-bond acceptors (Lipinski definition) is 4. The maximum Gasteiger partial charge on any atom is 0.334 e. The Morgan fingerprint density at radius 2 is 1.84 bits per heavy atom. The van der Waals surface area contributed by atoms with Crippen molar-refractivity contribution in [2.75, 3.05) is 6.54 Å². The third-order valence-corrected chi connectivity index (χ3v) is 3.80. The van der Waals surface area contributed by atoms with Crippen LogP contribution in [-0.2, 0) is 14.4 Å². The lowest BCUT2D eigenvalue weighted by Gasteiger charge is -2.33. The molecule has 19 heavy (non-hydrogen) atoms. The van der Waals surface area contributed by atoms with Gasteiger partial charge in [0.05, 0.1) is 0 Å². The van der Waals surface area contributed by atoms with Crippen molar-refractivity contribution in [1.82, 2.24) is 9.80 Å². The first-order valence-electron chi connectivity index (χ1n) is 6.40. The molecule has 104 valence electrons. The maximum atomic E-state index is 12.1. The Labute approximate surface area is 110 Å². The van der Waals surface area contributed by atoms with Crippen molar-refractivity contribution < 1.29 is 19.2 Å². The van der Waals surface area contributed by atoms with E-state index >= 15 is 0 Å². The standard InChI is InChI=1S/C12H17N3O4/c1-7-4-2-3-5-8(7)15-11(18)10(17)14(12(15)19)6-9(13)16/h7-8H,2-6H2,1H3,(H2,13,16)/t7-,8+/m0/s1. The minimum absolute atomic E-state index is 0.169. The van der Waals surface area contributed by atoms with Crippen molar-refractivity contribution in [2.24, 2.45) is 11.7 Å². The normalized spacial score (nSPS) is 28.2. The van der Waals surface area contributed by atoms with E-state index in [0.29, 0.717) is 11.3 Å². The van der Waals surface area contributed by atoms with Gasteiger partial charge in [-0.05, 0) is 18.8 Å². The van der Waals surface area contributed by atoms with E-state index in [-0.39, 0.29) is 12.0 Å². The molecule has 0 radical (unpaired) electrons. The summed E-state index contributed by atoms with van der Waals surface area (Å²) in [5, 5.41) is 0. The molecule has 0 aromatic rings. The van der Waals surface area contributed by atoms with Crippen molar-refractivity contribution in [3.63, 3.8) is 0 Å². The summed E-state index contributed by atoms with van der Waals surface area (Å²) in [7, 11) is 0. The molecule has 2 N–H and O–H groups in total. The summed E-state index contributed by atoms with van der Waals surface area (Å²) in [5.74, 6) is -2.44. The average Bonchev–Trinajstić information content (AvgIpc) is 2.55. The van der Waals surface area contributed by atoms with Gasteiger partial charge in [-0.1, -0.05) is 19.8 Å². The van der Waals surface area contributed by atoms with E-state index in [9.17, 15) is 19.2 Å². The molecule has 1 heterocycles. The molecule has 1 saturated carbocycles. The molecular weight excluding hydrogens is 250 g/mol. The van der Waals surface area contributed by atoms with E-state index < -0.39 is 30.3 Å². The third kappa shape index (κ3) is 2.32. The Morgan fingerprint density at radius 3 is 2.42 bits per heavy atom. The number of nitrogens with two attached hydrogens (primary N) is 1. The summed E-state index contributed by atoms with van der Waals surface area (Å²) < 4.78 is 0. The molecule has 0 aromatic heterocycles. The summed E-state index contributed by atoms with van der Waals surface area (Å²) in [6, 6.07) is -0.969. The van der Waals surface area contributed by atoms with Gasteiger partial charge < -0.3 is 5.73 Å². The molecule has 0 unspecified atom stereocenters. The number of amides is 5. The molecule has 5 amide bonds. The summed E-state index contributed by atoms with van der Waals surface area (Å²) in [5.41, 5.74) is 4.98. The van der Waals surface area contributed by atoms with Crippen LogP contribution in [0.3, 0.4) is 0 Å². The van der Waals surface area contributed by atoms with Crippen LogP contribution in [0.25, 0.3) is 0 Å². The van der Waals surface area contributed by atoms with Crippen LogP contribution in [0, 0.1) is 5.92 Å². The van der Waals surface area contributed by atoms with E-state index in [2.05, 4.69) is 0 Å². The Kier molecular flexibility index (Phi) is 3.55. The molecule has 2 aliphatic rings. The highest BCUT2D eigenvalue weighted by atomic mass is 16.2. The second-order valence-electron chi connectivity index (χ2n) is 5.14. The molecule has 2 rings (SSSR count). The van der Waals surface area contributed by atoms with E-state index in [1.807, 2.05) is 6.92 Å². The van der Waals surface area contributed by atoms with Gasteiger partial charge in [0, 0.05) is 6.04 Å². The minimum atomic E-state index is -0.957. The predicted octanol–water partition coefficient (Wildman–Crippen LogP) is -0.159. The first kappa shape index (κ1) is 13.5. The molecular formula is C12H17N3O4. The van der Waals surface area contributed by atoms with E-state index in [1.165, 1.54) is 0 Å². The van der Waals surface area contributed by atoms with Crippen molar-refractivity contribution in [2.45, 2.75) is 38.6 Å². The molecule has 0 spiro atoms. The van der Waals surface area contributed by atoms with Crippen molar-refractivity contribution >= 4 is 23.8 Å². The number of hydrogen-bond donors (Lipinski definition) is 1. The van der Waals surface area contributed by atoms with Gasteiger partial charge in [-0.3, -0.25) is 19.3 Å². The third-order valence-electron chi connectivity index (χ3n) is 3.80. The fourth-order valence-corrected chi connectivity index (χ4v) is 2.79. The van der Waals surface area contributed by atoms with Crippen LogP contribution < -0.4 is 5.73 Å². The first-order chi connectivity index (χ1) is 8.93. The Balaban J connectivity index is 2.21. The molecule has 7 nitrogen and oxygen atoms in total. The van der Waals surface area contributed by atoms with Gasteiger partial charge in [0.25, 0.3) is 0 Å². The van der Waals surface area contributed by atoms with Crippen LogP contribution in [0.2, 0.25) is 0 Å². The maximum absolute atomic E-state index is 12.1. The van der Waals surface area contributed by atoms with Gasteiger partial charge >= 0.3 is 17.8 Å². The molecule has 1 saturated heterocycles. The number of carbonyl (C=O) groups excluding carboxylic acids is 4. The fraction of sp³-hybridized carbons (Fsp3) is 0.667. The first-order valence-corrected chi connectivity index (χ1v) is 6.40. The van der Waals surface area contributed by atoms with Gasteiger partial charge in [-0.25, -0.2) is 9.69 Å². The topological polar surface area (TPSA) is 101 Å². The van der Waals surface area contributed by atoms with Crippen molar-refractivity contribution in [3.05, 3.63) is 0 Å². The van der Waals surface area contributed by atoms with E-state index in [1.54, 1.807) is 0 Å². The van der Waals surface area contributed by atoms with Crippen LogP contribution in [0.4, 0.5) is 4.79 Å². The lowest BCUT2D eigenvalue weighted by Crippen LogP contribution is -2.46. The largest absolute Gasteiger partial charge is 0.368 e. The lowest BCUT2D eigenvalue weighted by atomic mass is 9.85. The Morgan fingerprint density at radius 1 is 1.21 bits per heavy atom. The zero-order chi connectivity index (χ0) is 14.2. The second kappa shape index (κ2) is 4.99. The van der Waals surface area contributed by atoms with Gasteiger partial charge in [0.2, 0.25) is 5.91 Å². The zero-order valence-corrected chi connectivity index (χ0v) is 10.8. The smallest absolute Gasteiger partial charge is 0.334 e. The number of urea groups is 1. The Bertz CT molecular complexity index is 448. The second-order valence-corrected chi connectivity index (χ2v) is 5.14. The molecule has 1 aliphatic heterocycles. The van der Waals surface area contributed by atoms with Gasteiger partial charge in [-0.15, -0.1) is 0 Å². The highest BCUT2D eigenvalue weighted by Crippen LogP contribution is 2.31. The van der Waals surface area contributed by atoms with Crippen molar-refractivity contribution in [1.29, 1.82) is 0 Å². The van der Waals surface area contributed by atoms with Gasteiger partial charge in [-0.2, -0.15) is 0 Å². The predicted molar refractivity (Wildman–Crippen MR) is 64.6 cm³/mol. The SMILES string of the molecule is C[C@H]1CCCC[C@H]1N1C(=O)C(=O)N(CC(N)=O)C1=O. The fourth-order valence-electron chi connectivity index (χ4n) is 2.79. The van der Waals surface area contributed by atoms with Gasteiger partial charge in [0.15, 0.2) is 0 Å². The summed E-state index contributed by atoms with van der Waals surface area (Å²) >= 11 is 0. The van der Waals surface area contributed by atoms with Crippen molar-refractivity contribution in [3.8, 4) is 0 Å². The molecule has 2 atom stereocenters. The lowest BCUT2D eigenvalue weighted by molar-refractivity contribution is -0.145. The monoisotopic (exact) mass is 267 g/mol. The number of imide groups is 2. The number of carbonyl (C=O) groups is 4. The van der Waals surface area contributed by atoms with Crippen LogP contribution in [0.5, 0.6) is 0 Å². The highest BCUT2D eigenvalue weighted by molar-refractivity contribution is 6.45. The summed E-state index contributed by atoms with van der Waals surface area (Å²) in [6.45, 7) is 1.42. The van der Waals surface area contributed by atoms with E-state index in [4.69, 9.17) is 5.73 Å². The Hall–Kier alpha value is -1.92. The minimum Gasteiger partial charge on any atom is -0.368 e. The molecule has 7 heteroatoms. The zero-order valence-electron chi connectivity index (χ0n) is 10.8. The molecule has 0 aromatic carbocycles. The molecule has 0 bridgehead atoms. The van der Waals surface area contributed by atoms with Crippen LogP contribution in [0.15, 0.2) is 0 Å². The molecule has 1 aliphatic carbocycles. The van der Waals surface area contributed by atoms with Crippen LogP contribution >= 0.6 is 0 Å². The summed E-state index contributed by atoms with van der Waals surface area (Å²) in [4.78, 5) is 48.2.